The van der Waals surface area contributed by atoms with Gasteiger partial charge in [-0.15, -0.1) is 0 Å². The van der Waals surface area contributed by atoms with Crippen molar-refractivity contribution in [2.75, 3.05) is 26.2 Å². The van der Waals surface area contributed by atoms with Gasteiger partial charge in [-0.25, -0.2) is 4.79 Å². The maximum absolute atomic E-state index is 12.0. The Hall–Kier alpha value is -2.01. The van der Waals surface area contributed by atoms with Crippen LogP contribution in [0.1, 0.15) is 18.9 Å². The molecule has 5 nitrogen and oxygen atoms in total. The molecule has 0 aliphatic carbocycles. The SMILES string of the molecule is CCCN(CCO)C(=O)NCCc1c[nH]c2ccccc12. The number of aliphatic hydroxyl groups excluding tert-OH is 1. The normalized spacial score (nSPS) is 10.8. The summed E-state index contributed by atoms with van der Waals surface area (Å²) in [7, 11) is 0. The van der Waals surface area contributed by atoms with Crippen LogP contribution in [-0.4, -0.2) is 47.3 Å². The molecule has 0 unspecified atom stereocenters. The molecule has 0 saturated heterocycles. The topological polar surface area (TPSA) is 68.4 Å². The van der Waals surface area contributed by atoms with Crippen LogP contribution in [0.2, 0.25) is 0 Å². The molecular weight excluding hydrogens is 266 g/mol. The molecule has 1 aromatic heterocycles. The third kappa shape index (κ3) is 3.98. The van der Waals surface area contributed by atoms with Crippen molar-refractivity contribution in [1.82, 2.24) is 15.2 Å². The van der Waals surface area contributed by atoms with Crippen LogP contribution in [0.25, 0.3) is 10.9 Å². The molecule has 0 radical (unpaired) electrons. The van der Waals surface area contributed by atoms with E-state index in [9.17, 15) is 4.79 Å². The Kier molecular flexibility index (Phi) is 5.63. The average molecular weight is 289 g/mol. The molecule has 0 atom stereocenters. The lowest BCUT2D eigenvalue weighted by Gasteiger charge is -2.21. The van der Waals surface area contributed by atoms with E-state index in [1.807, 2.05) is 31.3 Å². The zero-order chi connectivity index (χ0) is 15.1. The summed E-state index contributed by atoms with van der Waals surface area (Å²) in [4.78, 5) is 16.9. The van der Waals surface area contributed by atoms with E-state index >= 15 is 0 Å². The highest BCUT2D eigenvalue weighted by molar-refractivity contribution is 5.83. The van der Waals surface area contributed by atoms with Crippen LogP contribution in [0.4, 0.5) is 4.79 Å². The summed E-state index contributed by atoms with van der Waals surface area (Å²) in [5.41, 5.74) is 2.32. The second kappa shape index (κ2) is 7.69. The molecule has 21 heavy (non-hydrogen) atoms. The van der Waals surface area contributed by atoms with Crippen LogP contribution in [0, 0.1) is 0 Å². The average Bonchev–Trinajstić information content (AvgIpc) is 2.90. The maximum Gasteiger partial charge on any atom is 0.317 e. The maximum atomic E-state index is 12.0. The third-order valence-electron chi connectivity index (χ3n) is 3.50. The number of carbonyl (C=O) groups is 1. The summed E-state index contributed by atoms with van der Waals surface area (Å²) in [6.45, 7) is 3.65. The number of aromatic nitrogens is 1. The Bertz CT molecular complexity index is 574. The number of H-pyrrole nitrogens is 1. The molecule has 0 spiro atoms. The molecule has 2 amide bonds. The minimum atomic E-state index is -0.106. The number of hydrogen-bond acceptors (Lipinski definition) is 2. The van der Waals surface area contributed by atoms with Crippen molar-refractivity contribution >= 4 is 16.9 Å². The Morgan fingerprint density at radius 2 is 2.14 bits per heavy atom. The van der Waals surface area contributed by atoms with E-state index in [1.165, 1.54) is 10.9 Å². The van der Waals surface area contributed by atoms with Crippen molar-refractivity contribution in [3.63, 3.8) is 0 Å². The van der Waals surface area contributed by atoms with Crippen LogP contribution in [0.5, 0.6) is 0 Å². The van der Waals surface area contributed by atoms with E-state index < -0.39 is 0 Å². The van der Waals surface area contributed by atoms with Gasteiger partial charge in [0, 0.05) is 36.7 Å². The van der Waals surface area contributed by atoms with Crippen molar-refractivity contribution in [3.8, 4) is 0 Å². The summed E-state index contributed by atoms with van der Waals surface area (Å²) in [6, 6.07) is 8.04. The number of nitrogens with zero attached hydrogens (tertiary/aromatic N) is 1. The fraction of sp³-hybridized carbons (Fsp3) is 0.438. The number of hydrogen-bond donors (Lipinski definition) is 3. The first-order valence-corrected chi connectivity index (χ1v) is 7.45. The van der Waals surface area contributed by atoms with Crippen molar-refractivity contribution in [1.29, 1.82) is 0 Å². The summed E-state index contributed by atoms with van der Waals surface area (Å²) in [6.07, 6.45) is 3.67. The summed E-state index contributed by atoms with van der Waals surface area (Å²) < 4.78 is 0. The first-order chi connectivity index (χ1) is 10.3. The van der Waals surface area contributed by atoms with Crippen molar-refractivity contribution in [2.45, 2.75) is 19.8 Å². The number of rotatable bonds is 7. The number of carbonyl (C=O) groups excluding carboxylic acids is 1. The lowest BCUT2D eigenvalue weighted by Crippen LogP contribution is -2.42. The monoisotopic (exact) mass is 289 g/mol. The first-order valence-electron chi connectivity index (χ1n) is 7.45. The molecule has 0 fully saturated rings. The minimum Gasteiger partial charge on any atom is -0.395 e. The van der Waals surface area contributed by atoms with Gasteiger partial charge in [0.15, 0.2) is 0 Å². The second-order valence-corrected chi connectivity index (χ2v) is 5.05. The fourth-order valence-electron chi connectivity index (χ4n) is 2.46. The quantitative estimate of drug-likeness (QED) is 0.731. The Morgan fingerprint density at radius 1 is 1.33 bits per heavy atom. The Morgan fingerprint density at radius 3 is 2.90 bits per heavy atom. The van der Waals surface area contributed by atoms with Gasteiger partial charge in [0.05, 0.1) is 6.61 Å². The third-order valence-corrected chi connectivity index (χ3v) is 3.50. The van der Waals surface area contributed by atoms with E-state index in [4.69, 9.17) is 5.11 Å². The van der Waals surface area contributed by atoms with Gasteiger partial charge >= 0.3 is 6.03 Å². The number of aliphatic hydroxyl groups is 1. The van der Waals surface area contributed by atoms with Crippen LogP contribution < -0.4 is 5.32 Å². The van der Waals surface area contributed by atoms with Crippen LogP contribution in [0.3, 0.4) is 0 Å². The predicted octanol–water partition coefficient (Wildman–Crippen LogP) is 2.12. The summed E-state index contributed by atoms with van der Waals surface area (Å²) in [5.74, 6) is 0. The van der Waals surface area contributed by atoms with Gasteiger partial charge in [0.25, 0.3) is 0 Å². The lowest BCUT2D eigenvalue weighted by molar-refractivity contribution is 0.177. The van der Waals surface area contributed by atoms with Gasteiger partial charge < -0.3 is 20.3 Å². The Balaban J connectivity index is 1.87. The van der Waals surface area contributed by atoms with E-state index in [2.05, 4.69) is 16.4 Å². The number of fused-ring (bicyclic) bond motifs is 1. The van der Waals surface area contributed by atoms with Crippen LogP contribution in [-0.2, 0) is 6.42 Å². The molecule has 1 heterocycles. The van der Waals surface area contributed by atoms with Crippen LogP contribution >= 0.6 is 0 Å². The number of amides is 2. The largest absolute Gasteiger partial charge is 0.395 e. The summed E-state index contributed by atoms with van der Waals surface area (Å²) in [5, 5.41) is 13.1. The zero-order valence-electron chi connectivity index (χ0n) is 12.4. The van der Waals surface area contributed by atoms with Crippen molar-refractivity contribution < 1.29 is 9.90 Å². The smallest absolute Gasteiger partial charge is 0.317 e. The van der Waals surface area contributed by atoms with Gasteiger partial charge in [-0.05, 0) is 24.5 Å². The van der Waals surface area contributed by atoms with Crippen molar-refractivity contribution in [3.05, 3.63) is 36.0 Å². The number of aromatic amines is 1. The number of benzene rings is 1. The number of urea groups is 1. The molecular formula is C16H23N3O2. The highest BCUT2D eigenvalue weighted by atomic mass is 16.3. The first kappa shape index (κ1) is 15.4. The van der Waals surface area contributed by atoms with Gasteiger partial charge in [-0.2, -0.15) is 0 Å². The van der Waals surface area contributed by atoms with E-state index in [0.29, 0.717) is 19.6 Å². The zero-order valence-corrected chi connectivity index (χ0v) is 12.4. The molecule has 0 aliphatic heterocycles. The molecule has 0 bridgehead atoms. The van der Waals surface area contributed by atoms with Gasteiger partial charge in [0.2, 0.25) is 0 Å². The lowest BCUT2D eigenvalue weighted by atomic mass is 10.1. The molecule has 0 saturated carbocycles. The van der Waals surface area contributed by atoms with Gasteiger partial charge in [-0.1, -0.05) is 25.1 Å². The molecule has 114 valence electrons. The summed E-state index contributed by atoms with van der Waals surface area (Å²) >= 11 is 0. The molecule has 3 N–H and O–H groups in total. The van der Waals surface area contributed by atoms with E-state index in [0.717, 1.165) is 18.4 Å². The minimum absolute atomic E-state index is 0.00410. The highest BCUT2D eigenvalue weighted by Gasteiger charge is 2.11. The molecule has 2 rings (SSSR count). The fourth-order valence-corrected chi connectivity index (χ4v) is 2.46. The highest BCUT2D eigenvalue weighted by Crippen LogP contribution is 2.17. The van der Waals surface area contributed by atoms with Gasteiger partial charge in [0.1, 0.15) is 0 Å². The van der Waals surface area contributed by atoms with Gasteiger partial charge in [-0.3, -0.25) is 0 Å². The Labute approximate surface area is 125 Å². The predicted molar refractivity (Wildman–Crippen MR) is 84.4 cm³/mol. The van der Waals surface area contributed by atoms with Crippen molar-refractivity contribution in [2.24, 2.45) is 0 Å². The van der Waals surface area contributed by atoms with Crippen LogP contribution in [0.15, 0.2) is 30.5 Å². The number of para-hydroxylation sites is 1. The van der Waals surface area contributed by atoms with E-state index in [-0.39, 0.29) is 12.6 Å². The van der Waals surface area contributed by atoms with E-state index in [1.54, 1.807) is 4.90 Å². The molecule has 0 aliphatic rings. The number of nitrogens with one attached hydrogen (secondary N) is 2. The molecule has 5 heteroatoms. The molecule has 2 aromatic rings. The standard InChI is InChI=1S/C16H23N3O2/c1-2-9-19(10-11-20)16(21)17-8-7-13-12-18-15-6-4-3-5-14(13)15/h3-6,12,18,20H,2,7-11H2,1H3,(H,17,21). The molecule has 1 aromatic carbocycles. The second-order valence-electron chi connectivity index (χ2n) is 5.05.